The molecule has 0 unspecified atom stereocenters. The number of amides is 2. The summed E-state index contributed by atoms with van der Waals surface area (Å²) in [5.41, 5.74) is 0.417. The van der Waals surface area contributed by atoms with Crippen molar-refractivity contribution in [2.75, 3.05) is 13.2 Å². The van der Waals surface area contributed by atoms with E-state index in [1.165, 1.54) is 12.3 Å². The van der Waals surface area contributed by atoms with Gasteiger partial charge in [0, 0.05) is 6.08 Å². The number of hydrogen-bond donors (Lipinski definition) is 0. The molecule has 0 N–H and O–H groups in total. The Morgan fingerprint density at radius 3 is 2.40 bits per heavy atom. The van der Waals surface area contributed by atoms with Gasteiger partial charge < -0.3 is 9.15 Å². The number of furan rings is 1. The van der Waals surface area contributed by atoms with Gasteiger partial charge in [0.25, 0.3) is 11.8 Å². The maximum atomic E-state index is 12.2. The lowest BCUT2D eigenvalue weighted by Gasteiger charge is -2.13. The molecule has 2 aromatic rings. The highest BCUT2D eigenvalue weighted by Gasteiger charge is 2.34. The van der Waals surface area contributed by atoms with Crippen LogP contribution < -0.4 is 0 Å². The van der Waals surface area contributed by atoms with E-state index in [0.717, 1.165) is 4.90 Å². The molecule has 0 radical (unpaired) electrons. The molecule has 0 atom stereocenters. The van der Waals surface area contributed by atoms with Crippen LogP contribution in [-0.4, -0.2) is 35.8 Å². The number of nitrogens with zero attached hydrogens (tertiary/aromatic N) is 2. The van der Waals surface area contributed by atoms with E-state index >= 15 is 0 Å². The SMILES string of the molecule is N#CC(=Cc1ccco1)C(=O)OCCN1C(=O)c2ccccc2C1=O. The van der Waals surface area contributed by atoms with Gasteiger partial charge in [0.1, 0.15) is 24.0 Å². The van der Waals surface area contributed by atoms with Crippen LogP contribution in [0.1, 0.15) is 26.5 Å². The van der Waals surface area contributed by atoms with Gasteiger partial charge in [-0.25, -0.2) is 4.79 Å². The zero-order chi connectivity index (χ0) is 17.8. The van der Waals surface area contributed by atoms with Crippen LogP contribution in [0.4, 0.5) is 0 Å². The predicted molar refractivity (Wildman–Crippen MR) is 85.1 cm³/mol. The number of hydrogen-bond acceptors (Lipinski definition) is 6. The van der Waals surface area contributed by atoms with E-state index in [9.17, 15) is 14.4 Å². The van der Waals surface area contributed by atoms with Crippen LogP contribution in [-0.2, 0) is 9.53 Å². The van der Waals surface area contributed by atoms with Crippen LogP contribution in [0.15, 0.2) is 52.7 Å². The van der Waals surface area contributed by atoms with Gasteiger partial charge in [-0.05, 0) is 24.3 Å². The van der Waals surface area contributed by atoms with Crippen molar-refractivity contribution in [2.24, 2.45) is 0 Å². The van der Waals surface area contributed by atoms with Crippen molar-refractivity contribution in [3.05, 3.63) is 65.1 Å². The molecule has 0 spiro atoms. The summed E-state index contributed by atoms with van der Waals surface area (Å²) in [5.74, 6) is -1.36. The largest absolute Gasteiger partial charge is 0.465 e. The fourth-order valence-corrected chi connectivity index (χ4v) is 2.40. The van der Waals surface area contributed by atoms with Crippen molar-refractivity contribution in [2.45, 2.75) is 0 Å². The Morgan fingerprint density at radius 2 is 1.84 bits per heavy atom. The molecule has 124 valence electrons. The maximum absolute atomic E-state index is 12.2. The number of carbonyl (C=O) groups is 3. The second-order valence-electron chi connectivity index (χ2n) is 5.13. The van der Waals surface area contributed by atoms with Gasteiger partial charge in [0.15, 0.2) is 0 Å². The normalized spacial score (nSPS) is 13.6. The van der Waals surface area contributed by atoms with Gasteiger partial charge in [-0.3, -0.25) is 14.5 Å². The molecule has 7 heteroatoms. The number of nitriles is 1. The molecule has 0 fully saturated rings. The molecule has 1 aliphatic heterocycles. The maximum Gasteiger partial charge on any atom is 0.349 e. The first-order chi connectivity index (χ1) is 12.1. The number of fused-ring (bicyclic) bond motifs is 1. The number of esters is 1. The van der Waals surface area contributed by atoms with Crippen molar-refractivity contribution in [1.82, 2.24) is 4.90 Å². The number of benzene rings is 1. The lowest BCUT2D eigenvalue weighted by molar-refractivity contribution is -0.138. The molecule has 0 saturated heterocycles. The third kappa shape index (κ3) is 3.19. The molecule has 0 bridgehead atoms. The standard InChI is InChI=1S/C18H12N2O5/c19-11-12(10-13-4-3-8-24-13)18(23)25-9-7-20-16(21)14-5-1-2-6-15(14)17(20)22/h1-6,8,10H,7,9H2. The topological polar surface area (TPSA) is 101 Å². The molecule has 0 saturated carbocycles. The molecule has 1 aliphatic rings. The van der Waals surface area contributed by atoms with Crippen molar-refractivity contribution >= 4 is 23.9 Å². The second-order valence-corrected chi connectivity index (χ2v) is 5.13. The number of ether oxygens (including phenoxy) is 1. The lowest BCUT2D eigenvalue weighted by Crippen LogP contribution is -2.33. The van der Waals surface area contributed by atoms with Gasteiger partial charge in [-0.15, -0.1) is 0 Å². The van der Waals surface area contributed by atoms with E-state index in [1.54, 1.807) is 42.5 Å². The molecule has 2 amide bonds. The predicted octanol–water partition coefficient (Wildman–Crippen LogP) is 2.03. The number of carbonyl (C=O) groups excluding carboxylic acids is 3. The van der Waals surface area contributed by atoms with Gasteiger partial charge in [0.05, 0.1) is 23.9 Å². The first-order valence-corrected chi connectivity index (χ1v) is 7.39. The fourth-order valence-electron chi connectivity index (χ4n) is 2.40. The van der Waals surface area contributed by atoms with Crippen molar-refractivity contribution in [3.8, 4) is 6.07 Å². The highest BCUT2D eigenvalue weighted by molar-refractivity contribution is 6.21. The Bertz CT molecular complexity index is 871. The third-order valence-electron chi connectivity index (χ3n) is 3.60. The number of imide groups is 1. The Labute approximate surface area is 142 Å². The molecular weight excluding hydrogens is 324 g/mol. The summed E-state index contributed by atoms with van der Waals surface area (Å²) < 4.78 is 10.0. The molecule has 1 aromatic heterocycles. The lowest BCUT2D eigenvalue weighted by atomic mass is 10.1. The van der Waals surface area contributed by atoms with Crippen LogP contribution in [0.3, 0.4) is 0 Å². The van der Waals surface area contributed by atoms with Crippen LogP contribution in [0.2, 0.25) is 0 Å². The minimum Gasteiger partial charge on any atom is -0.465 e. The zero-order valence-electron chi connectivity index (χ0n) is 13.0. The van der Waals surface area contributed by atoms with Crippen LogP contribution >= 0.6 is 0 Å². The van der Waals surface area contributed by atoms with Gasteiger partial charge in [-0.2, -0.15) is 5.26 Å². The molecule has 25 heavy (non-hydrogen) atoms. The molecular formula is C18H12N2O5. The van der Waals surface area contributed by atoms with Crippen molar-refractivity contribution in [1.29, 1.82) is 5.26 Å². The van der Waals surface area contributed by atoms with Gasteiger partial charge in [0.2, 0.25) is 0 Å². The minimum atomic E-state index is -0.851. The van der Waals surface area contributed by atoms with Crippen LogP contribution in [0.25, 0.3) is 6.08 Å². The first kappa shape index (κ1) is 16.2. The fraction of sp³-hybridized carbons (Fsp3) is 0.111. The summed E-state index contributed by atoms with van der Waals surface area (Å²) in [5, 5.41) is 9.03. The highest BCUT2D eigenvalue weighted by atomic mass is 16.5. The summed E-state index contributed by atoms with van der Waals surface area (Å²) >= 11 is 0. The van der Waals surface area contributed by atoms with E-state index in [-0.39, 0.29) is 18.7 Å². The van der Waals surface area contributed by atoms with Crippen molar-refractivity contribution in [3.63, 3.8) is 0 Å². The zero-order valence-corrected chi connectivity index (χ0v) is 13.0. The molecule has 1 aromatic carbocycles. The smallest absolute Gasteiger partial charge is 0.349 e. The molecule has 0 aliphatic carbocycles. The Balaban J connectivity index is 1.60. The highest BCUT2D eigenvalue weighted by Crippen LogP contribution is 2.22. The third-order valence-corrected chi connectivity index (χ3v) is 3.60. The Morgan fingerprint density at radius 1 is 1.16 bits per heavy atom. The molecule has 2 heterocycles. The summed E-state index contributed by atoms with van der Waals surface area (Å²) in [6.07, 6.45) is 2.67. The quantitative estimate of drug-likeness (QED) is 0.358. The van der Waals surface area contributed by atoms with Crippen LogP contribution in [0.5, 0.6) is 0 Å². The molecule has 3 rings (SSSR count). The van der Waals surface area contributed by atoms with Gasteiger partial charge in [-0.1, -0.05) is 12.1 Å². The Kier molecular flexibility index (Phi) is 4.44. The Hall–Kier alpha value is -3.66. The van der Waals surface area contributed by atoms with Gasteiger partial charge >= 0.3 is 5.97 Å². The van der Waals surface area contributed by atoms with E-state index in [1.807, 2.05) is 0 Å². The second kappa shape index (κ2) is 6.84. The average molecular weight is 336 g/mol. The summed E-state index contributed by atoms with van der Waals surface area (Å²) in [6, 6.07) is 11.4. The van der Waals surface area contributed by atoms with Crippen LogP contribution in [0, 0.1) is 11.3 Å². The van der Waals surface area contributed by atoms with E-state index < -0.39 is 17.8 Å². The van der Waals surface area contributed by atoms with Crippen molar-refractivity contribution < 1.29 is 23.5 Å². The summed E-state index contributed by atoms with van der Waals surface area (Å²) in [4.78, 5) is 37.3. The summed E-state index contributed by atoms with van der Waals surface area (Å²) in [6.45, 7) is -0.293. The monoisotopic (exact) mass is 336 g/mol. The van der Waals surface area contributed by atoms with E-state index in [0.29, 0.717) is 16.9 Å². The summed E-state index contributed by atoms with van der Waals surface area (Å²) in [7, 11) is 0. The van der Waals surface area contributed by atoms with E-state index in [4.69, 9.17) is 14.4 Å². The first-order valence-electron chi connectivity index (χ1n) is 7.39. The minimum absolute atomic E-state index is 0.0858. The van der Waals surface area contributed by atoms with E-state index in [2.05, 4.69) is 0 Å². The molecule has 7 nitrogen and oxygen atoms in total. The number of rotatable bonds is 5. The average Bonchev–Trinajstić information content (AvgIpc) is 3.22.